The van der Waals surface area contributed by atoms with E-state index < -0.39 is 0 Å². The van der Waals surface area contributed by atoms with Gasteiger partial charge in [0.05, 0.1) is 4.92 Å². The van der Waals surface area contributed by atoms with Crippen LogP contribution in [-0.4, -0.2) is 22.5 Å². The van der Waals surface area contributed by atoms with Crippen molar-refractivity contribution in [1.29, 1.82) is 0 Å². The van der Waals surface area contributed by atoms with Gasteiger partial charge in [0.1, 0.15) is 5.69 Å². The summed E-state index contributed by atoms with van der Waals surface area (Å²) in [7, 11) is 1.89. The van der Waals surface area contributed by atoms with Gasteiger partial charge in [-0.1, -0.05) is 0 Å². The summed E-state index contributed by atoms with van der Waals surface area (Å²) in [6.07, 6.45) is 4.33. The quantitative estimate of drug-likeness (QED) is 0.679. The summed E-state index contributed by atoms with van der Waals surface area (Å²) >= 11 is 3.19. The van der Waals surface area contributed by atoms with E-state index in [1.807, 2.05) is 7.05 Å². The minimum Gasteiger partial charge on any atom is -0.314 e. The Morgan fingerprint density at radius 3 is 2.88 bits per heavy atom. The molecule has 5 nitrogen and oxygen atoms in total. The molecule has 6 heteroatoms. The Balaban J connectivity index is 2.29. The van der Waals surface area contributed by atoms with E-state index in [1.165, 1.54) is 6.07 Å². The summed E-state index contributed by atoms with van der Waals surface area (Å²) < 4.78 is 0.636. The van der Waals surface area contributed by atoms with E-state index in [4.69, 9.17) is 0 Å². The van der Waals surface area contributed by atoms with Gasteiger partial charge in [0, 0.05) is 28.7 Å². The number of hydrogen-bond acceptors (Lipinski definition) is 4. The molecule has 0 aromatic carbocycles. The Kier molecular flexibility index (Phi) is 2.94. The number of rotatable bonds is 4. The third kappa shape index (κ3) is 2.22. The summed E-state index contributed by atoms with van der Waals surface area (Å²) in [4.78, 5) is 14.7. The van der Waals surface area contributed by atoms with E-state index in [2.05, 4.69) is 26.2 Å². The highest BCUT2D eigenvalue weighted by Crippen LogP contribution is 2.39. The molecule has 2 rings (SSSR count). The van der Waals surface area contributed by atoms with E-state index in [0.29, 0.717) is 16.6 Å². The highest BCUT2D eigenvalue weighted by Gasteiger charge is 2.42. The number of hydrogen-bond donors (Lipinski definition) is 1. The van der Waals surface area contributed by atoms with E-state index in [1.54, 1.807) is 6.20 Å². The molecule has 0 bridgehead atoms. The largest absolute Gasteiger partial charge is 0.314 e. The van der Waals surface area contributed by atoms with Crippen LogP contribution in [0.4, 0.5) is 5.69 Å². The van der Waals surface area contributed by atoms with E-state index in [9.17, 15) is 10.1 Å². The number of pyridine rings is 1. The fourth-order valence-electron chi connectivity index (χ4n) is 1.74. The summed E-state index contributed by atoms with van der Waals surface area (Å²) in [6, 6.07) is 1.51. The molecule has 1 aromatic rings. The molecule has 0 saturated heterocycles. The van der Waals surface area contributed by atoms with Crippen molar-refractivity contribution in [3.63, 3.8) is 0 Å². The average molecular weight is 286 g/mol. The molecular formula is C10H12BrN3O2. The Morgan fingerprint density at radius 1 is 1.69 bits per heavy atom. The number of nitrogens with zero attached hydrogens (tertiary/aromatic N) is 2. The summed E-state index contributed by atoms with van der Waals surface area (Å²) in [5.74, 6) is 0. The molecule has 1 heterocycles. The van der Waals surface area contributed by atoms with Gasteiger partial charge in [-0.2, -0.15) is 0 Å². The topological polar surface area (TPSA) is 68.1 Å². The number of halogens is 1. The van der Waals surface area contributed by atoms with Crippen LogP contribution in [0.5, 0.6) is 0 Å². The first-order chi connectivity index (χ1) is 7.56. The van der Waals surface area contributed by atoms with Gasteiger partial charge >= 0.3 is 0 Å². The molecule has 0 aliphatic heterocycles. The summed E-state index contributed by atoms with van der Waals surface area (Å²) in [6.45, 7) is 0. The molecule has 1 N–H and O–H groups in total. The first-order valence-electron chi connectivity index (χ1n) is 5.04. The van der Waals surface area contributed by atoms with Crippen molar-refractivity contribution in [1.82, 2.24) is 10.3 Å². The Labute approximate surface area is 102 Å². The van der Waals surface area contributed by atoms with Crippen molar-refractivity contribution in [2.24, 2.45) is 0 Å². The van der Waals surface area contributed by atoms with E-state index in [0.717, 1.165) is 12.8 Å². The first kappa shape index (κ1) is 11.5. The predicted octanol–water partition coefficient (Wildman–Crippen LogP) is 2.05. The molecule has 0 atom stereocenters. The monoisotopic (exact) mass is 285 g/mol. The van der Waals surface area contributed by atoms with Gasteiger partial charge in [-0.25, -0.2) is 0 Å². The lowest BCUT2D eigenvalue weighted by molar-refractivity contribution is -0.386. The molecule has 1 aromatic heterocycles. The normalized spacial score (nSPS) is 17.1. The van der Waals surface area contributed by atoms with Crippen molar-refractivity contribution in [2.75, 3.05) is 7.05 Å². The Morgan fingerprint density at radius 2 is 2.38 bits per heavy atom. The van der Waals surface area contributed by atoms with Gasteiger partial charge in [0.2, 0.25) is 0 Å². The van der Waals surface area contributed by atoms with Crippen LogP contribution in [0, 0.1) is 10.1 Å². The Hall–Kier alpha value is -1.01. The molecule has 1 aliphatic carbocycles. The van der Waals surface area contributed by atoms with Crippen molar-refractivity contribution < 1.29 is 4.92 Å². The fraction of sp³-hybridized carbons (Fsp3) is 0.500. The minimum absolute atomic E-state index is 0.0333. The average Bonchev–Trinajstić information content (AvgIpc) is 3.01. The molecule has 0 amide bonds. The van der Waals surface area contributed by atoms with E-state index >= 15 is 0 Å². The lowest BCUT2D eigenvalue weighted by atomic mass is 10.1. The number of nitrogens with one attached hydrogen (secondary N) is 1. The van der Waals surface area contributed by atoms with Crippen LogP contribution in [-0.2, 0) is 6.42 Å². The third-order valence-electron chi connectivity index (χ3n) is 3.00. The molecule has 1 fully saturated rings. The third-order valence-corrected chi connectivity index (χ3v) is 3.43. The van der Waals surface area contributed by atoms with Gasteiger partial charge in [-0.05, 0) is 35.8 Å². The second-order valence-corrected chi connectivity index (χ2v) is 5.00. The maximum absolute atomic E-state index is 10.9. The van der Waals surface area contributed by atoms with Crippen molar-refractivity contribution in [3.05, 3.63) is 32.5 Å². The van der Waals surface area contributed by atoms with Crippen molar-refractivity contribution in [2.45, 2.75) is 24.8 Å². The highest BCUT2D eigenvalue weighted by atomic mass is 79.9. The molecule has 0 radical (unpaired) electrons. The summed E-state index contributed by atoms with van der Waals surface area (Å²) in [5, 5.41) is 14.1. The standard InChI is InChI=1S/C10H12BrN3O2/c1-12-10(2-3-10)5-8-9(14(15)16)4-7(11)6-13-8/h4,6,12H,2-3,5H2,1H3. The van der Waals surface area contributed by atoms with Crippen LogP contribution in [0.1, 0.15) is 18.5 Å². The molecule has 1 aliphatic rings. The number of likely N-dealkylation sites (N-methyl/N-ethyl adjacent to an activating group) is 1. The van der Waals surface area contributed by atoms with Crippen molar-refractivity contribution in [3.8, 4) is 0 Å². The zero-order valence-electron chi connectivity index (χ0n) is 8.86. The fourth-order valence-corrected chi connectivity index (χ4v) is 2.06. The predicted molar refractivity (Wildman–Crippen MR) is 63.3 cm³/mol. The maximum Gasteiger partial charge on any atom is 0.291 e. The van der Waals surface area contributed by atoms with Crippen LogP contribution < -0.4 is 5.32 Å². The molecule has 86 valence electrons. The smallest absolute Gasteiger partial charge is 0.291 e. The van der Waals surface area contributed by atoms with Crippen LogP contribution >= 0.6 is 15.9 Å². The lowest BCUT2D eigenvalue weighted by Crippen LogP contribution is -2.30. The SMILES string of the molecule is CNC1(Cc2ncc(Br)cc2[N+](=O)[O-])CC1. The van der Waals surface area contributed by atoms with Gasteiger partial charge in [-0.15, -0.1) is 0 Å². The van der Waals surface area contributed by atoms with Crippen LogP contribution in [0.2, 0.25) is 0 Å². The Bertz CT molecular complexity index is 432. The molecule has 16 heavy (non-hydrogen) atoms. The van der Waals surface area contributed by atoms with Gasteiger partial charge in [0.25, 0.3) is 5.69 Å². The van der Waals surface area contributed by atoms with E-state index in [-0.39, 0.29) is 16.1 Å². The lowest BCUT2D eigenvalue weighted by Gasteiger charge is -2.13. The molecule has 1 saturated carbocycles. The molecule has 0 unspecified atom stereocenters. The van der Waals surface area contributed by atoms with Gasteiger partial charge < -0.3 is 5.32 Å². The van der Waals surface area contributed by atoms with Crippen LogP contribution in [0.15, 0.2) is 16.7 Å². The zero-order chi connectivity index (χ0) is 11.8. The first-order valence-corrected chi connectivity index (χ1v) is 5.83. The minimum atomic E-state index is -0.376. The zero-order valence-corrected chi connectivity index (χ0v) is 10.5. The van der Waals surface area contributed by atoms with Gasteiger partial charge in [0.15, 0.2) is 0 Å². The second-order valence-electron chi connectivity index (χ2n) is 4.08. The van der Waals surface area contributed by atoms with Crippen LogP contribution in [0.25, 0.3) is 0 Å². The highest BCUT2D eigenvalue weighted by molar-refractivity contribution is 9.10. The van der Waals surface area contributed by atoms with Gasteiger partial charge in [-0.3, -0.25) is 15.1 Å². The van der Waals surface area contributed by atoms with Crippen molar-refractivity contribution >= 4 is 21.6 Å². The molecular weight excluding hydrogens is 274 g/mol. The van der Waals surface area contributed by atoms with Crippen LogP contribution in [0.3, 0.4) is 0 Å². The summed E-state index contributed by atoms with van der Waals surface area (Å²) in [5.41, 5.74) is 0.682. The second kappa shape index (κ2) is 4.10. The number of aromatic nitrogens is 1. The molecule has 0 spiro atoms. The maximum atomic E-state index is 10.9. The number of nitro groups is 1.